The number of nitrogens with one attached hydrogen (secondary N) is 2. The van der Waals surface area contributed by atoms with Gasteiger partial charge in [0.15, 0.2) is 6.61 Å². The molecule has 0 unspecified atom stereocenters. The predicted octanol–water partition coefficient (Wildman–Crippen LogP) is 2.80. The lowest BCUT2D eigenvalue weighted by atomic mass is 10.1. The Balaban J connectivity index is 1.70. The largest absolute Gasteiger partial charge is 0.455 e. The van der Waals surface area contributed by atoms with Gasteiger partial charge in [0.1, 0.15) is 0 Å². The van der Waals surface area contributed by atoms with Crippen molar-refractivity contribution in [3.05, 3.63) is 64.2 Å². The number of benzene rings is 2. The maximum Gasteiger partial charge on any atom is 0.310 e. The fourth-order valence-electron chi connectivity index (χ4n) is 2.24. The first-order chi connectivity index (χ1) is 12.8. The number of anilines is 1. The number of hydrogen-bond acceptors (Lipinski definition) is 4. The SMILES string of the molecule is Cc1ccc(CC(=O)OCC(=O)NCC(=O)Nc2cccc(Cl)c2C)cc1. The molecule has 0 aromatic heterocycles. The Labute approximate surface area is 162 Å². The molecular formula is C20H21ClN2O4. The van der Waals surface area contributed by atoms with E-state index in [4.69, 9.17) is 16.3 Å². The molecule has 0 aliphatic rings. The van der Waals surface area contributed by atoms with E-state index < -0.39 is 24.4 Å². The maximum absolute atomic E-state index is 11.9. The fraction of sp³-hybridized carbons (Fsp3) is 0.250. The van der Waals surface area contributed by atoms with Gasteiger partial charge in [-0.15, -0.1) is 0 Å². The van der Waals surface area contributed by atoms with E-state index in [-0.39, 0.29) is 13.0 Å². The standard InChI is InChI=1S/C20H21ClN2O4/c1-13-6-8-15(9-7-13)10-20(26)27-12-19(25)22-11-18(24)23-17-5-3-4-16(21)14(17)2/h3-9H,10-12H2,1-2H3,(H,22,25)(H,23,24). The summed E-state index contributed by atoms with van der Waals surface area (Å²) in [5, 5.41) is 5.60. The Hall–Kier alpha value is -2.86. The van der Waals surface area contributed by atoms with Crippen LogP contribution in [0.5, 0.6) is 0 Å². The number of halogens is 1. The molecule has 0 bridgehead atoms. The van der Waals surface area contributed by atoms with Crippen LogP contribution in [0.15, 0.2) is 42.5 Å². The molecule has 0 aliphatic carbocycles. The average Bonchev–Trinajstić information content (AvgIpc) is 2.64. The van der Waals surface area contributed by atoms with Gasteiger partial charge < -0.3 is 15.4 Å². The molecule has 0 saturated heterocycles. The smallest absolute Gasteiger partial charge is 0.310 e. The first-order valence-electron chi connectivity index (χ1n) is 8.38. The molecule has 2 N–H and O–H groups in total. The first-order valence-corrected chi connectivity index (χ1v) is 8.76. The topological polar surface area (TPSA) is 84.5 Å². The van der Waals surface area contributed by atoms with Gasteiger partial charge in [-0.25, -0.2) is 0 Å². The molecule has 0 atom stereocenters. The summed E-state index contributed by atoms with van der Waals surface area (Å²) in [7, 11) is 0. The van der Waals surface area contributed by atoms with Crippen LogP contribution in [0, 0.1) is 13.8 Å². The van der Waals surface area contributed by atoms with Crippen molar-refractivity contribution in [3.63, 3.8) is 0 Å². The van der Waals surface area contributed by atoms with Gasteiger partial charge >= 0.3 is 5.97 Å². The summed E-state index contributed by atoms with van der Waals surface area (Å²) in [6.45, 7) is 3.06. The minimum absolute atomic E-state index is 0.0854. The monoisotopic (exact) mass is 388 g/mol. The second-order valence-corrected chi connectivity index (χ2v) is 6.47. The van der Waals surface area contributed by atoms with Crippen LogP contribution < -0.4 is 10.6 Å². The van der Waals surface area contributed by atoms with Gasteiger partial charge in [0, 0.05) is 10.7 Å². The van der Waals surface area contributed by atoms with Gasteiger partial charge in [0.2, 0.25) is 5.91 Å². The van der Waals surface area contributed by atoms with Crippen molar-refractivity contribution < 1.29 is 19.1 Å². The molecule has 0 radical (unpaired) electrons. The molecule has 0 heterocycles. The number of hydrogen-bond donors (Lipinski definition) is 2. The van der Waals surface area contributed by atoms with Crippen molar-refractivity contribution in [1.82, 2.24) is 5.32 Å². The van der Waals surface area contributed by atoms with E-state index in [9.17, 15) is 14.4 Å². The minimum Gasteiger partial charge on any atom is -0.455 e. The van der Waals surface area contributed by atoms with Crippen LogP contribution in [-0.2, 0) is 25.5 Å². The molecule has 27 heavy (non-hydrogen) atoms. The normalized spacial score (nSPS) is 10.2. The van der Waals surface area contributed by atoms with Crippen LogP contribution in [0.1, 0.15) is 16.7 Å². The van der Waals surface area contributed by atoms with Crippen molar-refractivity contribution in [2.75, 3.05) is 18.5 Å². The Morgan fingerprint density at radius 1 is 1.00 bits per heavy atom. The minimum atomic E-state index is -0.551. The van der Waals surface area contributed by atoms with Crippen LogP contribution in [0.3, 0.4) is 0 Å². The summed E-state index contributed by atoms with van der Waals surface area (Å²) >= 11 is 5.99. The van der Waals surface area contributed by atoms with Gasteiger partial charge in [-0.2, -0.15) is 0 Å². The number of esters is 1. The van der Waals surface area contributed by atoms with Crippen LogP contribution in [-0.4, -0.2) is 30.9 Å². The van der Waals surface area contributed by atoms with E-state index in [0.717, 1.165) is 16.7 Å². The third-order valence-electron chi connectivity index (χ3n) is 3.82. The third-order valence-corrected chi connectivity index (χ3v) is 4.23. The third kappa shape index (κ3) is 6.75. The Morgan fingerprint density at radius 3 is 2.41 bits per heavy atom. The second-order valence-electron chi connectivity index (χ2n) is 6.06. The molecule has 142 valence electrons. The lowest BCUT2D eigenvalue weighted by Gasteiger charge is -2.10. The van der Waals surface area contributed by atoms with E-state index in [1.54, 1.807) is 25.1 Å². The van der Waals surface area contributed by atoms with Gasteiger partial charge in [-0.3, -0.25) is 14.4 Å². The predicted molar refractivity (Wildman–Crippen MR) is 104 cm³/mol. The molecule has 0 aliphatic heterocycles. The number of carbonyl (C=O) groups is 3. The lowest BCUT2D eigenvalue weighted by molar-refractivity contribution is -0.147. The Bertz CT molecular complexity index is 834. The molecule has 0 fully saturated rings. The van der Waals surface area contributed by atoms with Crippen molar-refractivity contribution in [2.45, 2.75) is 20.3 Å². The summed E-state index contributed by atoms with van der Waals surface area (Å²) in [6, 6.07) is 12.6. The van der Waals surface area contributed by atoms with Crippen molar-refractivity contribution >= 4 is 35.1 Å². The molecule has 0 spiro atoms. The second kappa shape index (κ2) is 9.73. The average molecular weight is 389 g/mol. The number of rotatable bonds is 7. The highest BCUT2D eigenvalue weighted by molar-refractivity contribution is 6.31. The van der Waals surface area contributed by atoms with E-state index in [0.29, 0.717) is 10.7 Å². The van der Waals surface area contributed by atoms with Crippen molar-refractivity contribution in [1.29, 1.82) is 0 Å². The highest BCUT2D eigenvalue weighted by Crippen LogP contribution is 2.22. The molecule has 2 aromatic rings. The van der Waals surface area contributed by atoms with Crippen LogP contribution in [0.25, 0.3) is 0 Å². The molecule has 7 heteroatoms. The lowest BCUT2D eigenvalue weighted by Crippen LogP contribution is -2.35. The summed E-state index contributed by atoms with van der Waals surface area (Å²) in [5.74, 6) is -1.46. The molecule has 2 aromatic carbocycles. The molecule has 2 amide bonds. The van der Waals surface area contributed by atoms with Crippen molar-refractivity contribution in [2.24, 2.45) is 0 Å². The maximum atomic E-state index is 11.9. The van der Waals surface area contributed by atoms with E-state index in [2.05, 4.69) is 10.6 Å². The quantitative estimate of drug-likeness (QED) is 0.714. The summed E-state index contributed by atoms with van der Waals surface area (Å²) < 4.78 is 4.92. The summed E-state index contributed by atoms with van der Waals surface area (Å²) in [6.07, 6.45) is 0.0854. The van der Waals surface area contributed by atoms with E-state index in [1.807, 2.05) is 31.2 Å². The number of aryl methyl sites for hydroxylation is 1. The fourth-order valence-corrected chi connectivity index (χ4v) is 2.41. The van der Waals surface area contributed by atoms with Crippen LogP contribution >= 0.6 is 11.6 Å². The molecule has 2 rings (SSSR count). The number of carbonyl (C=O) groups excluding carboxylic acids is 3. The highest BCUT2D eigenvalue weighted by atomic mass is 35.5. The molecule has 0 saturated carbocycles. The summed E-state index contributed by atoms with van der Waals surface area (Å²) in [4.78, 5) is 35.4. The van der Waals surface area contributed by atoms with Gasteiger partial charge in [-0.05, 0) is 37.1 Å². The van der Waals surface area contributed by atoms with Crippen molar-refractivity contribution in [3.8, 4) is 0 Å². The number of ether oxygens (including phenoxy) is 1. The summed E-state index contributed by atoms with van der Waals surface area (Å²) in [5.41, 5.74) is 3.22. The zero-order valence-electron chi connectivity index (χ0n) is 15.2. The molecular weight excluding hydrogens is 368 g/mol. The Kier molecular flexibility index (Phi) is 7.37. The van der Waals surface area contributed by atoms with Gasteiger partial charge in [-0.1, -0.05) is 47.5 Å². The van der Waals surface area contributed by atoms with Crippen LogP contribution in [0.4, 0.5) is 5.69 Å². The highest BCUT2D eigenvalue weighted by Gasteiger charge is 2.11. The van der Waals surface area contributed by atoms with E-state index in [1.165, 1.54) is 0 Å². The van der Waals surface area contributed by atoms with E-state index >= 15 is 0 Å². The van der Waals surface area contributed by atoms with Crippen LogP contribution in [0.2, 0.25) is 5.02 Å². The zero-order chi connectivity index (χ0) is 19.8. The van der Waals surface area contributed by atoms with Gasteiger partial charge in [0.25, 0.3) is 5.91 Å². The Morgan fingerprint density at radius 2 is 1.70 bits per heavy atom. The zero-order valence-corrected chi connectivity index (χ0v) is 15.9. The number of amides is 2. The van der Waals surface area contributed by atoms with Gasteiger partial charge in [0.05, 0.1) is 13.0 Å². The molecule has 6 nitrogen and oxygen atoms in total. The first kappa shape index (κ1) is 20.5.